The number of amides is 1. The van der Waals surface area contributed by atoms with Gasteiger partial charge in [-0.15, -0.1) is 0 Å². The number of aromatic nitrogens is 2. The standard InChI is InChI=1S/C18H25N5O5S/c1-5-28-18(25)15-10-20-23(4)17(15)21-16(24)11-22(3)12(2)13-6-8-14(9-7-13)29(19,26)27/h6-10,12H,5,11H2,1-4H3,(H,21,24)(H2,19,26,27). The molecule has 1 atom stereocenters. The second-order valence-electron chi connectivity index (χ2n) is 6.50. The largest absolute Gasteiger partial charge is 0.462 e. The summed E-state index contributed by atoms with van der Waals surface area (Å²) < 4.78 is 29.1. The van der Waals surface area contributed by atoms with Gasteiger partial charge >= 0.3 is 5.97 Å². The van der Waals surface area contributed by atoms with E-state index in [2.05, 4.69) is 10.4 Å². The van der Waals surface area contributed by atoms with Crippen LogP contribution in [-0.2, 0) is 26.6 Å². The van der Waals surface area contributed by atoms with Crippen molar-refractivity contribution >= 4 is 27.7 Å². The highest BCUT2D eigenvalue weighted by atomic mass is 32.2. The molecule has 0 spiro atoms. The smallest absolute Gasteiger partial charge is 0.343 e. The molecule has 1 aromatic heterocycles. The van der Waals surface area contributed by atoms with E-state index in [4.69, 9.17) is 9.88 Å². The van der Waals surface area contributed by atoms with E-state index in [-0.39, 0.29) is 41.4 Å². The summed E-state index contributed by atoms with van der Waals surface area (Å²) in [6.45, 7) is 3.82. The Bertz CT molecular complexity index is 985. The molecule has 1 unspecified atom stereocenters. The van der Waals surface area contributed by atoms with E-state index in [9.17, 15) is 18.0 Å². The molecular formula is C18H25N5O5S. The van der Waals surface area contributed by atoms with Crippen LogP contribution in [-0.4, -0.2) is 55.2 Å². The lowest BCUT2D eigenvalue weighted by Crippen LogP contribution is -2.33. The molecule has 0 aliphatic rings. The molecule has 3 N–H and O–H groups in total. The first-order valence-corrected chi connectivity index (χ1v) is 10.4. The minimum Gasteiger partial charge on any atom is -0.462 e. The molecule has 1 aromatic carbocycles. The molecule has 11 heteroatoms. The van der Waals surface area contributed by atoms with Gasteiger partial charge in [-0.25, -0.2) is 18.4 Å². The van der Waals surface area contributed by atoms with Gasteiger partial charge in [-0.3, -0.25) is 14.4 Å². The van der Waals surface area contributed by atoms with Crippen LogP contribution in [0.25, 0.3) is 0 Å². The summed E-state index contributed by atoms with van der Waals surface area (Å²) in [6, 6.07) is 5.98. The van der Waals surface area contributed by atoms with Crippen LogP contribution in [0.1, 0.15) is 35.8 Å². The Kier molecular flexibility index (Phi) is 7.11. The predicted octanol–water partition coefficient (Wildman–Crippen LogP) is 0.876. The number of hydrogen-bond donors (Lipinski definition) is 2. The number of sulfonamides is 1. The number of esters is 1. The van der Waals surface area contributed by atoms with Gasteiger partial charge < -0.3 is 10.1 Å². The van der Waals surface area contributed by atoms with E-state index in [0.29, 0.717) is 0 Å². The third kappa shape index (κ3) is 5.62. The maximum Gasteiger partial charge on any atom is 0.343 e. The number of likely N-dealkylation sites (N-methyl/N-ethyl adjacent to an activating group) is 1. The molecule has 0 aliphatic carbocycles. The highest BCUT2D eigenvalue weighted by Gasteiger charge is 2.21. The fourth-order valence-corrected chi connectivity index (χ4v) is 3.18. The van der Waals surface area contributed by atoms with E-state index in [0.717, 1.165) is 5.56 Å². The van der Waals surface area contributed by atoms with Crippen molar-refractivity contribution in [2.75, 3.05) is 25.5 Å². The number of aryl methyl sites for hydroxylation is 1. The molecule has 2 rings (SSSR count). The predicted molar refractivity (Wildman–Crippen MR) is 107 cm³/mol. The maximum absolute atomic E-state index is 12.5. The van der Waals surface area contributed by atoms with Crippen LogP contribution in [0.2, 0.25) is 0 Å². The van der Waals surface area contributed by atoms with Gasteiger partial charge in [-0.1, -0.05) is 12.1 Å². The Morgan fingerprint density at radius 3 is 2.48 bits per heavy atom. The molecule has 1 amide bonds. The van der Waals surface area contributed by atoms with Crippen molar-refractivity contribution in [2.24, 2.45) is 12.2 Å². The zero-order valence-corrected chi connectivity index (χ0v) is 17.6. The van der Waals surface area contributed by atoms with Gasteiger partial charge in [0.25, 0.3) is 0 Å². The van der Waals surface area contributed by atoms with Gasteiger partial charge in [0.15, 0.2) is 0 Å². The van der Waals surface area contributed by atoms with Gasteiger partial charge in [-0.2, -0.15) is 5.10 Å². The normalized spacial score (nSPS) is 12.6. The van der Waals surface area contributed by atoms with Gasteiger partial charge in [0.05, 0.1) is 24.2 Å². The van der Waals surface area contributed by atoms with E-state index >= 15 is 0 Å². The summed E-state index contributed by atoms with van der Waals surface area (Å²) in [5, 5.41) is 11.8. The fourth-order valence-electron chi connectivity index (χ4n) is 2.67. The summed E-state index contributed by atoms with van der Waals surface area (Å²) in [7, 11) is -0.391. The van der Waals surface area contributed by atoms with Crippen molar-refractivity contribution in [3.63, 3.8) is 0 Å². The Morgan fingerprint density at radius 2 is 1.93 bits per heavy atom. The summed E-state index contributed by atoms with van der Waals surface area (Å²) in [4.78, 5) is 26.3. The average molecular weight is 423 g/mol. The van der Waals surface area contributed by atoms with E-state index in [1.54, 1.807) is 38.1 Å². The zero-order chi connectivity index (χ0) is 21.8. The number of carbonyl (C=O) groups excluding carboxylic acids is 2. The molecule has 0 bridgehead atoms. The van der Waals surface area contributed by atoms with Crippen LogP contribution in [0.4, 0.5) is 5.82 Å². The minimum atomic E-state index is -3.76. The summed E-state index contributed by atoms with van der Waals surface area (Å²) in [6.07, 6.45) is 1.34. The number of hydrogen-bond acceptors (Lipinski definition) is 7. The van der Waals surface area contributed by atoms with Gasteiger partial charge in [0, 0.05) is 13.1 Å². The molecule has 0 fully saturated rings. The number of nitrogens with two attached hydrogens (primary N) is 1. The van der Waals surface area contributed by atoms with Crippen LogP contribution in [0.15, 0.2) is 35.4 Å². The molecule has 0 aliphatic heterocycles. The average Bonchev–Trinajstić information content (AvgIpc) is 3.01. The fraction of sp³-hybridized carbons (Fsp3) is 0.389. The highest BCUT2D eigenvalue weighted by Crippen LogP contribution is 2.21. The Morgan fingerprint density at radius 1 is 1.31 bits per heavy atom. The summed E-state index contributed by atoms with van der Waals surface area (Å²) in [5.74, 6) is -0.644. The zero-order valence-electron chi connectivity index (χ0n) is 16.7. The number of nitrogens with one attached hydrogen (secondary N) is 1. The number of rotatable bonds is 8. The molecule has 29 heavy (non-hydrogen) atoms. The van der Waals surface area contributed by atoms with Crippen LogP contribution >= 0.6 is 0 Å². The van der Waals surface area contributed by atoms with Gasteiger partial charge in [0.2, 0.25) is 15.9 Å². The monoisotopic (exact) mass is 423 g/mol. The van der Waals surface area contributed by atoms with E-state index in [1.165, 1.54) is 23.0 Å². The molecule has 2 aromatic rings. The first kappa shape index (κ1) is 22.5. The second-order valence-corrected chi connectivity index (χ2v) is 8.07. The topological polar surface area (TPSA) is 137 Å². The van der Waals surface area contributed by atoms with Crippen molar-refractivity contribution in [3.05, 3.63) is 41.6 Å². The molecule has 158 valence electrons. The molecule has 10 nitrogen and oxygen atoms in total. The van der Waals surface area contributed by atoms with E-state index in [1.807, 2.05) is 6.92 Å². The number of benzene rings is 1. The second kappa shape index (κ2) is 9.16. The minimum absolute atomic E-state index is 0.0246. The first-order valence-electron chi connectivity index (χ1n) is 8.86. The third-order valence-electron chi connectivity index (χ3n) is 4.44. The van der Waals surface area contributed by atoms with Gasteiger partial charge in [-0.05, 0) is 38.6 Å². The lowest BCUT2D eigenvalue weighted by molar-refractivity contribution is -0.117. The van der Waals surface area contributed by atoms with Crippen LogP contribution in [0.3, 0.4) is 0 Å². The molecular weight excluding hydrogens is 398 g/mol. The van der Waals surface area contributed by atoms with E-state index < -0.39 is 16.0 Å². The lowest BCUT2D eigenvalue weighted by Gasteiger charge is -2.24. The van der Waals surface area contributed by atoms with Crippen LogP contribution < -0.4 is 10.5 Å². The summed E-state index contributed by atoms with van der Waals surface area (Å²) in [5.41, 5.74) is 0.998. The Balaban J connectivity index is 2.06. The SMILES string of the molecule is CCOC(=O)c1cnn(C)c1NC(=O)CN(C)C(C)c1ccc(S(N)(=O)=O)cc1. The maximum atomic E-state index is 12.5. The van der Waals surface area contributed by atoms with Crippen molar-refractivity contribution in [2.45, 2.75) is 24.8 Å². The van der Waals surface area contributed by atoms with Crippen molar-refractivity contribution in [1.29, 1.82) is 0 Å². The lowest BCUT2D eigenvalue weighted by atomic mass is 10.1. The Hall–Kier alpha value is -2.76. The van der Waals surface area contributed by atoms with Crippen LogP contribution in [0, 0.1) is 0 Å². The number of carbonyl (C=O) groups is 2. The van der Waals surface area contributed by atoms with Crippen molar-refractivity contribution < 1.29 is 22.7 Å². The number of primary sulfonamides is 1. The van der Waals surface area contributed by atoms with Crippen molar-refractivity contribution in [3.8, 4) is 0 Å². The summed E-state index contributed by atoms with van der Waals surface area (Å²) >= 11 is 0. The van der Waals surface area contributed by atoms with Crippen LogP contribution in [0.5, 0.6) is 0 Å². The van der Waals surface area contributed by atoms with Crippen molar-refractivity contribution in [1.82, 2.24) is 14.7 Å². The number of nitrogens with zero attached hydrogens (tertiary/aromatic N) is 3. The third-order valence-corrected chi connectivity index (χ3v) is 5.37. The molecule has 0 saturated carbocycles. The highest BCUT2D eigenvalue weighted by molar-refractivity contribution is 7.89. The number of anilines is 1. The van der Waals surface area contributed by atoms with Gasteiger partial charge in [0.1, 0.15) is 11.4 Å². The molecule has 0 saturated heterocycles. The molecule has 1 heterocycles. The Labute approximate surface area is 169 Å². The quantitative estimate of drug-likeness (QED) is 0.601. The first-order chi connectivity index (χ1) is 13.5. The number of ether oxygens (including phenoxy) is 1. The molecule has 0 radical (unpaired) electrons.